The van der Waals surface area contributed by atoms with Crippen molar-refractivity contribution in [3.05, 3.63) is 58.4 Å². The normalized spacial score (nSPS) is 13.7. The van der Waals surface area contributed by atoms with Crippen LogP contribution in [0.25, 0.3) is 0 Å². The molecule has 2 N–H and O–H groups in total. The predicted molar refractivity (Wildman–Crippen MR) is 79.1 cm³/mol. The average Bonchev–Trinajstić information content (AvgIpc) is 2.49. The Morgan fingerprint density at radius 3 is 3.00 bits per heavy atom. The molecule has 1 aromatic heterocycles. The van der Waals surface area contributed by atoms with Crippen molar-refractivity contribution in [3.8, 4) is 0 Å². The number of hydrogen-bond acceptors (Lipinski definition) is 3. The molecule has 2 heterocycles. The first-order valence-electron chi connectivity index (χ1n) is 6.48. The van der Waals surface area contributed by atoms with Crippen molar-refractivity contribution >= 4 is 23.2 Å². The number of fused-ring (bicyclic) bond motifs is 1. The van der Waals surface area contributed by atoms with Gasteiger partial charge in [0.2, 0.25) is 0 Å². The molecule has 102 valence electrons. The van der Waals surface area contributed by atoms with E-state index in [0.717, 1.165) is 30.6 Å². The van der Waals surface area contributed by atoms with Crippen LogP contribution >= 0.6 is 11.6 Å². The second-order valence-corrected chi connectivity index (χ2v) is 5.09. The average molecular weight is 288 g/mol. The molecule has 0 radical (unpaired) electrons. The van der Waals surface area contributed by atoms with E-state index in [1.807, 2.05) is 18.3 Å². The number of anilines is 1. The summed E-state index contributed by atoms with van der Waals surface area (Å²) in [5, 5.41) is 6.65. The van der Waals surface area contributed by atoms with Crippen LogP contribution in [0.1, 0.15) is 21.5 Å². The molecular formula is C15H14ClN3O. The van der Waals surface area contributed by atoms with Gasteiger partial charge >= 0.3 is 0 Å². The lowest BCUT2D eigenvalue weighted by atomic mass is 9.98. The van der Waals surface area contributed by atoms with Crippen molar-refractivity contribution < 1.29 is 4.79 Å². The van der Waals surface area contributed by atoms with Gasteiger partial charge in [-0.15, -0.1) is 0 Å². The Balaban J connectivity index is 1.90. The maximum absolute atomic E-state index is 12.4. The van der Waals surface area contributed by atoms with Crippen LogP contribution in [-0.4, -0.2) is 17.4 Å². The van der Waals surface area contributed by atoms with Crippen LogP contribution in [0.5, 0.6) is 0 Å². The van der Waals surface area contributed by atoms with Crippen molar-refractivity contribution in [2.45, 2.75) is 13.0 Å². The monoisotopic (exact) mass is 287 g/mol. The van der Waals surface area contributed by atoms with Gasteiger partial charge in [-0.3, -0.25) is 9.78 Å². The molecule has 5 heteroatoms. The predicted octanol–water partition coefficient (Wildman–Crippen LogP) is 2.63. The Labute approximate surface area is 122 Å². The summed E-state index contributed by atoms with van der Waals surface area (Å²) >= 11 is 6.06. The quantitative estimate of drug-likeness (QED) is 0.893. The molecule has 1 amide bonds. The number of para-hydroxylation sites is 1. The van der Waals surface area contributed by atoms with Crippen LogP contribution < -0.4 is 10.6 Å². The van der Waals surface area contributed by atoms with Gasteiger partial charge in [0.1, 0.15) is 0 Å². The van der Waals surface area contributed by atoms with Gasteiger partial charge < -0.3 is 10.6 Å². The molecule has 0 aliphatic carbocycles. The summed E-state index contributed by atoms with van der Waals surface area (Å²) in [5.41, 5.74) is 3.40. The summed E-state index contributed by atoms with van der Waals surface area (Å²) in [6.45, 7) is 1.64. The summed E-state index contributed by atoms with van der Waals surface area (Å²) in [4.78, 5) is 16.6. The van der Waals surface area contributed by atoms with Crippen LogP contribution in [0, 0.1) is 0 Å². The zero-order chi connectivity index (χ0) is 13.9. The summed E-state index contributed by atoms with van der Waals surface area (Å²) < 4.78 is 0. The molecule has 1 aromatic carbocycles. The summed E-state index contributed by atoms with van der Waals surface area (Å²) in [7, 11) is 0. The maximum Gasteiger partial charge on any atom is 0.257 e. The SMILES string of the molecule is O=C(Nc1ccccc1Cl)c1cncc2c1CCNC2. The number of pyridine rings is 1. The van der Waals surface area contributed by atoms with Crippen LogP contribution in [0.15, 0.2) is 36.7 Å². The van der Waals surface area contributed by atoms with Gasteiger partial charge in [0.15, 0.2) is 0 Å². The first-order valence-corrected chi connectivity index (χ1v) is 6.86. The number of benzene rings is 1. The van der Waals surface area contributed by atoms with Gasteiger partial charge in [-0.25, -0.2) is 0 Å². The molecule has 1 aliphatic rings. The van der Waals surface area contributed by atoms with Gasteiger partial charge in [-0.1, -0.05) is 23.7 Å². The fourth-order valence-electron chi connectivity index (χ4n) is 2.36. The molecule has 20 heavy (non-hydrogen) atoms. The fraction of sp³-hybridized carbons (Fsp3) is 0.200. The van der Waals surface area contributed by atoms with Crippen LogP contribution in [0.2, 0.25) is 5.02 Å². The first kappa shape index (κ1) is 13.1. The van der Waals surface area contributed by atoms with E-state index in [4.69, 9.17) is 11.6 Å². The number of rotatable bonds is 2. The van der Waals surface area contributed by atoms with E-state index in [1.165, 1.54) is 0 Å². The second-order valence-electron chi connectivity index (χ2n) is 4.69. The standard InChI is InChI=1S/C15H14ClN3O/c16-13-3-1-2-4-14(13)19-15(20)12-9-18-8-10-7-17-6-5-11(10)12/h1-4,8-9,17H,5-7H2,(H,19,20). The Kier molecular flexibility index (Phi) is 3.67. The molecule has 0 saturated heterocycles. The number of halogens is 1. The van der Waals surface area contributed by atoms with E-state index >= 15 is 0 Å². The zero-order valence-electron chi connectivity index (χ0n) is 10.8. The van der Waals surface area contributed by atoms with E-state index in [0.29, 0.717) is 16.3 Å². The van der Waals surface area contributed by atoms with Gasteiger partial charge in [0.05, 0.1) is 16.3 Å². The topological polar surface area (TPSA) is 54.0 Å². The highest BCUT2D eigenvalue weighted by Crippen LogP contribution is 2.23. The highest BCUT2D eigenvalue weighted by atomic mass is 35.5. The van der Waals surface area contributed by atoms with Crippen molar-refractivity contribution in [1.29, 1.82) is 0 Å². The lowest BCUT2D eigenvalue weighted by molar-refractivity contribution is 0.102. The molecule has 4 nitrogen and oxygen atoms in total. The molecule has 0 unspecified atom stereocenters. The minimum atomic E-state index is -0.163. The third-order valence-corrected chi connectivity index (χ3v) is 3.71. The van der Waals surface area contributed by atoms with Crippen molar-refractivity contribution in [2.24, 2.45) is 0 Å². The van der Waals surface area contributed by atoms with E-state index in [1.54, 1.807) is 18.3 Å². The van der Waals surface area contributed by atoms with E-state index < -0.39 is 0 Å². The molecule has 0 saturated carbocycles. The number of nitrogens with one attached hydrogen (secondary N) is 2. The molecule has 0 spiro atoms. The van der Waals surface area contributed by atoms with Crippen LogP contribution in [0.3, 0.4) is 0 Å². The van der Waals surface area contributed by atoms with Gasteiger partial charge in [-0.05, 0) is 36.2 Å². The lowest BCUT2D eigenvalue weighted by Crippen LogP contribution is -2.27. The molecule has 0 fully saturated rings. The number of amides is 1. The summed E-state index contributed by atoms with van der Waals surface area (Å²) in [6, 6.07) is 7.20. The molecule has 0 bridgehead atoms. The Hall–Kier alpha value is -1.91. The lowest BCUT2D eigenvalue weighted by Gasteiger charge is -2.19. The Bertz CT molecular complexity index is 657. The third-order valence-electron chi connectivity index (χ3n) is 3.38. The highest BCUT2D eigenvalue weighted by molar-refractivity contribution is 6.33. The molecule has 2 aromatic rings. The summed E-state index contributed by atoms with van der Waals surface area (Å²) in [6.07, 6.45) is 4.27. The number of nitrogens with zero attached hydrogens (tertiary/aromatic N) is 1. The minimum absolute atomic E-state index is 0.163. The zero-order valence-corrected chi connectivity index (χ0v) is 11.6. The molecule has 0 atom stereocenters. The number of carbonyl (C=O) groups excluding carboxylic acids is 1. The molecule has 3 rings (SSSR count). The fourth-order valence-corrected chi connectivity index (χ4v) is 2.55. The van der Waals surface area contributed by atoms with Crippen LogP contribution in [0.4, 0.5) is 5.69 Å². The first-order chi connectivity index (χ1) is 9.75. The molecule has 1 aliphatic heterocycles. The van der Waals surface area contributed by atoms with E-state index in [2.05, 4.69) is 15.6 Å². The van der Waals surface area contributed by atoms with Crippen molar-refractivity contribution in [1.82, 2.24) is 10.3 Å². The minimum Gasteiger partial charge on any atom is -0.321 e. The van der Waals surface area contributed by atoms with Gasteiger partial charge in [0.25, 0.3) is 5.91 Å². The second kappa shape index (κ2) is 5.61. The van der Waals surface area contributed by atoms with Crippen LogP contribution in [-0.2, 0) is 13.0 Å². The Morgan fingerprint density at radius 2 is 2.15 bits per heavy atom. The van der Waals surface area contributed by atoms with Crippen molar-refractivity contribution in [2.75, 3.05) is 11.9 Å². The number of aromatic nitrogens is 1. The largest absolute Gasteiger partial charge is 0.321 e. The third kappa shape index (κ3) is 2.53. The Morgan fingerprint density at radius 1 is 1.30 bits per heavy atom. The number of hydrogen-bond donors (Lipinski definition) is 2. The summed E-state index contributed by atoms with van der Waals surface area (Å²) in [5.74, 6) is -0.163. The molecular weight excluding hydrogens is 274 g/mol. The highest BCUT2D eigenvalue weighted by Gasteiger charge is 2.18. The van der Waals surface area contributed by atoms with Crippen molar-refractivity contribution in [3.63, 3.8) is 0 Å². The van der Waals surface area contributed by atoms with Gasteiger partial charge in [-0.2, -0.15) is 0 Å². The van der Waals surface area contributed by atoms with Gasteiger partial charge in [0, 0.05) is 18.9 Å². The van der Waals surface area contributed by atoms with E-state index in [-0.39, 0.29) is 5.91 Å². The maximum atomic E-state index is 12.4. The van der Waals surface area contributed by atoms with E-state index in [9.17, 15) is 4.79 Å². The smallest absolute Gasteiger partial charge is 0.257 e. The number of carbonyl (C=O) groups is 1.